The maximum absolute atomic E-state index is 5.92. The van der Waals surface area contributed by atoms with E-state index in [4.69, 9.17) is 5.73 Å². The van der Waals surface area contributed by atoms with Crippen molar-refractivity contribution in [3.8, 4) is 0 Å². The summed E-state index contributed by atoms with van der Waals surface area (Å²) in [5.41, 5.74) is 8.64. The van der Waals surface area contributed by atoms with Crippen molar-refractivity contribution in [2.45, 2.75) is 39.5 Å². The second-order valence-electron chi connectivity index (χ2n) is 5.54. The van der Waals surface area contributed by atoms with Crippen LogP contribution >= 0.6 is 0 Å². The lowest BCUT2D eigenvalue weighted by molar-refractivity contribution is 0.174. The van der Waals surface area contributed by atoms with Gasteiger partial charge in [-0.05, 0) is 42.4 Å². The molecule has 3 heteroatoms. The van der Waals surface area contributed by atoms with Gasteiger partial charge in [-0.25, -0.2) is 0 Å². The monoisotopic (exact) mass is 245 g/mol. The van der Waals surface area contributed by atoms with Gasteiger partial charge in [-0.15, -0.1) is 0 Å². The second-order valence-corrected chi connectivity index (χ2v) is 5.54. The van der Waals surface area contributed by atoms with E-state index in [9.17, 15) is 0 Å². The van der Waals surface area contributed by atoms with E-state index in [2.05, 4.69) is 36.3 Å². The fourth-order valence-corrected chi connectivity index (χ4v) is 2.27. The molecule has 1 fully saturated rings. The molecule has 1 aliphatic carbocycles. The van der Waals surface area contributed by atoms with Crippen LogP contribution in [0.3, 0.4) is 0 Å². The van der Waals surface area contributed by atoms with Crippen molar-refractivity contribution >= 4 is 11.6 Å². The molecule has 0 saturated heterocycles. The van der Waals surface area contributed by atoms with Crippen molar-refractivity contribution in [3.05, 3.63) is 29.8 Å². The van der Waals surface area contributed by atoms with Gasteiger partial charge in [0.25, 0.3) is 0 Å². The Hall–Kier alpha value is -1.51. The van der Waals surface area contributed by atoms with E-state index in [1.54, 1.807) is 0 Å². The summed E-state index contributed by atoms with van der Waals surface area (Å²) < 4.78 is 0. The molecule has 0 radical (unpaired) electrons. The number of anilines is 1. The normalized spacial score (nSPS) is 18.2. The largest absolute Gasteiger partial charge is 0.370 e. The summed E-state index contributed by atoms with van der Waals surface area (Å²) in [6, 6.07) is 8.30. The molecular formula is C15H23N3. The fraction of sp³-hybridized carbons (Fsp3) is 0.533. The Morgan fingerprint density at radius 3 is 2.83 bits per heavy atom. The number of nitrogens with two attached hydrogens (primary N) is 1. The van der Waals surface area contributed by atoms with E-state index in [0.717, 1.165) is 18.7 Å². The van der Waals surface area contributed by atoms with Crippen LogP contribution in [0, 0.1) is 5.41 Å². The molecule has 0 unspecified atom stereocenters. The number of aryl methyl sites for hydroxylation is 1. The van der Waals surface area contributed by atoms with Crippen molar-refractivity contribution in [3.63, 3.8) is 0 Å². The van der Waals surface area contributed by atoms with Crippen molar-refractivity contribution in [1.82, 2.24) is 0 Å². The molecule has 1 aromatic rings. The van der Waals surface area contributed by atoms with Crippen LogP contribution in [-0.4, -0.2) is 12.5 Å². The molecule has 98 valence electrons. The van der Waals surface area contributed by atoms with Gasteiger partial charge in [0.15, 0.2) is 5.96 Å². The average Bonchev–Trinajstić information content (AvgIpc) is 2.34. The first-order valence-electron chi connectivity index (χ1n) is 6.77. The molecule has 0 bridgehead atoms. The number of nitrogens with zero attached hydrogens (tertiary/aromatic N) is 1. The summed E-state index contributed by atoms with van der Waals surface area (Å²) in [5, 5.41) is 3.17. The third-order valence-electron chi connectivity index (χ3n) is 3.80. The zero-order valence-corrected chi connectivity index (χ0v) is 11.4. The molecule has 0 aliphatic heterocycles. The standard InChI is InChI=1S/C15H23N3/c1-3-12-6-4-7-13(10-12)18-14(16)17-11-15(2)8-5-9-15/h4,6-7,10H,3,5,8-9,11H2,1-2H3,(H3,16,17,18). The summed E-state index contributed by atoms with van der Waals surface area (Å²) in [5.74, 6) is 0.524. The number of nitrogens with one attached hydrogen (secondary N) is 1. The quantitative estimate of drug-likeness (QED) is 0.632. The smallest absolute Gasteiger partial charge is 0.193 e. The highest BCUT2D eigenvalue weighted by Gasteiger charge is 2.31. The van der Waals surface area contributed by atoms with Gasteiger partial charge in [0.05, 0.1) is 0 Å². The van der Waals surface area contributed by atoms with E-state index in [1.807, 2.05) is 12.1 Å². The minimum atomic E-state index is 0.386. The van der Waals surface area contributed by atoms with Crippen molar-refractivity contribution in [2.24, 2.45) is 16.1 Å². The Bertz CT molecular complexity index is 433. The van der Waals surface area contributed by atoms with Crippen LogP contribution < -0.4 is 11.1 Å². The van der Waals surface area contributed by atoms with Crippen molar-refractivity contribution in [1.29, 1.82) is 0 Å². The maximum atomic E-state index is 5.92. The summed E-state index contributed by atoms with van der Waals surface area (Å²) in [6.45, 7) is 5.26. The van der Waals surface area contributed by atoms with Crippen LogP contribution in [0.4, 0.5) is 5.69 Å². The number of hydrogen-bond donors (Lipinski definition) is 2. The molecular weight excluding hydrogens is 222 g/mol. The van der Waals surface area contributed by atoms with Crippen LogP contribution in [0.15, 0.2) is 29.3 Å². The van der Waals surface area contributed by atoms with Crippen LogP contribution in [0.2, 0.25) is 0 Å². The summed E-state index contributed by atoms with van der Waals surface area (Å²) >= 11 is 0. The Balaban J connectivity index is 1.93. The van der Waals surface area contributed by atoms with Crippen LogP contribution in [0.5, 0.6) is 0 Å². The van der Waals surface area contributed by atoms with Gasteiger partial charge in [-0.1, -0.05) is 32.4 Å². The predicted octanol–water partition coefficient (Wildman–Crippen LogP) is 3.17. The molecule has 2 rings (SSSR count). The first-order chi connectivity index (χ1) is 8.61. The first kappa shape index (κ1) is 12.9. The Kier molecular flexibility index (Phi) is 3.90. The SMILES string of the molecule is CCc1cccc(NC(N)=NCC2(C)CCC2)c1. The van der Waals surface area contributed by atoms with Crippen molar-refractivity contribution < 1.29 is 0 Å². The highest BCUT2D eigenvalue weighted by molar-refractivity contribution is 5.92. The second kappa shape index (κ2) is 5.42. The number of hydrogen-bond acceptors (Lipinski definition) is 1. The van der Waals surface area contributed by atoms with Gasteiger partial charge in [0, 0.05) is 12.2 Å². The van der Waals surface area contributed by atoms with E-state index in [1.165, 1.54) is 24.8 Å². The minimum Gasteiger partial charge on any atom is -0.370 e. The zero-order valence-electron chi connectivity index (χ0n) is 11.4. The molecule has 1 aliphatic rings. The van der Waals surface area contributed by atoms with E-state index in [0.29, 0.717) is 11.4 Å². The van der Waals surface area contributed by atoms with Crippen LogP contribution in [0.25, 0.3) is 0 Å². The molecule has 1 aromatic carbocycles. The van der Waals surface area contributed by atoms with E-state index < -0.39 is 0 Å². The third kappa shape index (κ3) is 3.25. The zero-order chi connectivity index (χ0) is 13.0. The molecule has 0 spiro atoms. The maximum Gasteiger partial charge on any atom is 0.193 e. The molecule has 1 saturated carbocycles. The molecule has 0 aromatic heterocycles. The number of guanidine groups is 1. The van der Waals surface area contributed by atoms with Gasteiger partial charge in [-0.3, -0.25) is 4.99 Å². The molecule has 18 heavy (non-hydrogen) atoms. The summed E-state index contributed by atoms with van der Waals surface area (Å²) in [6.07, 6.45) is 4.91. The van der Waals surface area contributed by atoms with E-state index in [-0.39, 0.29) is 0 Å². The molecule has 3 nitrogen and oxygen atoms in total. The van der Waals surface area contributed by atoms with Crippen LogP contribution in [0.1, 0.15) is 38.7 Å². The Morgan fingerprint density at radius 1 is 1.44 bits per heavy atom. The fourth-order valence-electron chi connectivity index (χ4n) is 2.27. The topological polar surface area (TPSA) is 50.4 Å². The number of aliphatic imine (C=N–C) groups is 1. The highest BCUT2D eigenvalue weighted by atomic mass is 15.1. The summed E-state index contributed by atoms with van der Waals surface area (Å²) in [7, 11) is 0. The number of rotatable bonds is 4. The van der Waals surface area contributed by atoms with Crippen molar-refractivity contribution in [2.75, 3.05) is 11.9 Å². The highest BCUT2D eigenvalue weighted by Crippen LogP contribution is 2.40. The van der Waals surface area contributed by atoms with Gasteiger partial charge < -0.3 is 11.1 Å². The Labute approximate surface area is 109 Å². The minimum absolute atomic E-state index is 0.386. The predicted molar refractivity (Wildman–Crippen MR) is 77.9 cm³/mol. The van der Waals surface area contributed by atoms with Gasteiger partial charge in [-0.2, -0.15) is 0 Å². The first-order valence-corrected chi connectivity index (χ1v) is 6.77. The molecule has 0 amide bonds. The third-order valence-corrected chi connectivity index (χ3v) is 3.80. The van der Waals surface area contributed by atoms with Gasteiger partial charge in [0.1, 0.15) is 0 Å². The lowest BCUT2D eigenvalue weighted by Gasteiger charge is -2.36. The van der Waals surface area contributed by atoms with Gasteiger partial charge in [0.2, 0.25) is 0 Å². The lowest BCUT2D eigenvalue weighted by Crippen LogP contribution is -2.31. The average molecular weight is 245 g/mol. The van der Waals surface area contributed by atoms with E-state index >= 15 is 0 Å². The molecule has 0 atom stereocenters. The van der Waals surface area contributed by atoms with Crippen LogP contribution in [-0.2, 0) is 6.42 Å². The lowest BCUT2D eigenvalue weighted by atomic mass is 9.71. The molecule has 3 N–H and O–H groups in total. The summed E-state index contributed by atoms with van der Waals surface area (Å²) in [4.78, 5) is 4.45. The Morgan fingerprint density at radius 2 is 2.22 bits per heavy atom. The molecule has 0 heterocycles. The van der Waals surface area contributed by atoms with Gasteiger partial charge >= 0.3 is 0 Å². The number of benzene rings is 1.